The van der Waals surface area contributed by atoms with E-state index in [-0.39, 0.29) is 5.69 Å². The van der Waals surface area contributed by atoms with Crippen LogP contribution in [0.2, 0.25) is 0 Å². The summed E-state index contributed by atoms with van der Waals surface area (Å²) >= 11 is 0. The zero-order chi connectivity index (χ0) is 15.2. The van der Waals surface area contributed by atoms with Crippen molar-refractivity contribution in [1.29, 1.82) is 5.26 Å². The van der Waals surface area contributed by atoms with Crippen LogP contribution in [0.3, 0.4) is 0 Å². The Bertz CT molecular complexity index is 718. The molecule has 0 spiro atoms. The van der Waals surface area contributed by atoms with Crippen LogP contribution in [0.4, 0.5) is 5.69 Å². The fourth-order valence-electron chi connectivity index (χ4n) is 1.63. The number of hydrogen-bond donors (Lipinski definition) is 1. The number of aromatic nitrogens is 1. The Hall–Kier alpha value is -3.20. The number of pyridine rings is 1. The summed E-state index contributed by atoms with van der Waals surface area (Å²) in [5.74, 6) is -0.913. The molecule has 6 nitrogen and oxygen atoms in total. The van der Waals surface area contributed by atoms with E-state index in [2.05, 4.69) is 15.0 Å². The van der Waals surface area contributed by atoms with Gasteiger partial charge in [0.05, 0.1) is 18.2 Å². The zero-order valence-electron chi connectivity index (χ0n) is 11.2. The normalized spacial score (nSPS) is 9.52. The minimum absolute atomic E-state index is 0.178. The summed E-state index contributed by atoms with van der Waals surface area (Å²) in [4.78, 5) is 27.3. The van der Waals surface area contributed by atoms with E-state index in [9.17, 15) is 9.59 Å². The first kappa shape index (κ1) is 14.2. The van der Waals surface area contributed by atoms with Crippen molar-refractivity contribution >= 4 is 17.6 Å². The quantitative estimate of drug-likeness (QED) is 0.868. The smallest absolute Gasteiger partial charge is 0.337 e. The summed E-state index contributed by atoms with van der Waals surface area (Å²) in [7, 11) is 1.29. The lowest BCUT2D eigenvalue weighted by Crippen LogP contribution is -2.14. The second-order valence-electron chi connectivity index (χ2n) is 4.07. The molecular weight excluding hydrogens is 270 g/mol. The molecule has 6 heteroatoms. The van der Waals surface area contributed by atoms with E-state index < -0.39 is 11.9 Å². The summed E-state index contributed by atoms with van der Waals surface area (Å²) in [6, 6.07) is 11.3. The maximum Gasteiger partial charge on any atom is 0.337 e. The van der Waals surface area contributed by atoms with Gasteiger partial charge in [0.15, 0.2) is 0 Å². The number of benzene rings is 1. The molecule has 0 aliphatic carbocycles. The number of esters is 1. The molecule has 2 aromatic rings. The molecule has 1 amide bonds. The fourth-order valence-corrected chi connectivity index (χ4v) is 1.63. The maximum atomic E-state index is 12.0. The van der Waals surface area contributed by atoms with Crippen molar-refractivity contribution in [2.24, 2.45) is 0 Å². The van der Waals surface area contributed by atoms with Gasteiger partial charge in [-0.05, 0) is 30.3 Å². The van der Waals surface area contributed by atoms with Crippen molar-refractivity contribution in [2.45, 2.75) is 0 Å². The highest BCUT2D eigenvalue weighted by molar-refractivity contribution is 6.03. The monoisotopic (exact) mass is 281 g/mol. The molecule has 0 aliphatic rings. The average molecular weight is 281 g/mol. The van der Waals surface area contributed by atoms with Crippen molar-refractivity contribution < 1.29 is 14.3 Å². The molecule has 0 radical (unpaired) electrons. The SMILES string of the molecule is COC(=O)c1cccc(NC(=O)c2ccc(C#N)cn2)c1. The standard InChI is InChI=1S/C15H11N3O3/c1-21-15(20)11-3-2-4-12(7-11)18-14(19)13-6-5-10(8-16)9-17-13/h2-7,9H,1H3,(H,18,19). The van der Waals surface area contributed by atoms with Crippen molar-refractivity contribution in [3.63, 3.8) is 0 Å². The summed E-state index contributed by atoms with van der Waals surface area (Å²) in [5, 5.41) is 11.3. The van der Waals surface area contributed by atoms with Crippen LogP contribution >= 0.6 is 0 Å². The lowest BCUT2D eigenvalue weighted by atomic mass is 10.2. The highest BCUT2D eigenvalue weighted by Gasteiger charge is 2.10. The molecule has 0 saturated carbocycles. The molecule has 1 heterocycles. The third kappa shape index (κ3) is 3.42. The zero-order valence-corrected chi connectivity index (χ0v) is 11.2. The van der Waals surface area contributed by atoms with Crippen molar-refractivity contribution in [3.05, 3.63) is 59.4 Å². The van der Waals surface area contributed by atoms with Crippen LogP contribution in [-0.4, -0.2) is 24.0 Å². The van der Waals surface area contributed by atoms with Crippen LogP contribution in [-0.2, 0) is 4.74 Å². The lowest BCUT2D eigenvalue weighted by molar-refractivity contribution is 0.0600. The summed E-state index contributed by atoms with van der Waals surface area (Å²) in [6.07, 6.45) is 1.32. The molecule has 0 unspecified atom stereocenters. The van der Waals surface area contributed by atoms with Crippen LogP contribution in [0, 0.1) is 11.3 Å². The Labute approximate surface area is 121 Å². The topological polar surface area (TPSA) is 92.1 Å². The molecule has 1 N–H and O–H groups in total. The second-order valence-corrected chi connectivity index (χ2v) is 4.07. The number of ether oxygens (including phenoxy) is 1. The van der Waals surface area contributed by atoms with Crippen LogP contribution in [0.1, 0.15) is 26.4 Å². The van der Waals surface area contributed by atoms with E-state index >= 15 is 0 Å². The van der Waals surface area contributed by atoms with Gasteiger partial charge in [-0.25, -0.2) is 9.78 Å². The van der Waals surface area contributed by atoms with Gasteiger partial charge in [0, 0.05) is 11.9 Å². The minimum atomic E-state index is -0.484. The molecule has 1 aromatic heterocycles. The molecule has 0 fully saturated rings. The first-order valence-corrected chi connectivity index (χ1v) is 6.00. The molecule has 0 saturated heterocycles. The van der Waals surface area contributed by atoms with Gasteiger partial charge in [0.1, 0.15) is 11.8 Å². The Morgan fingerprint density at radius 3 is 2.71 bits per heavy atom. The Kier molecular flexibility index (Phi) is 4.26. The number of amides is 1. The number of nitrogens with one attached hydrogen (secondary N) is 1. The van der Waals surface area contributed by atoms with Crippen molar-refractivity contribution in [2.75, 3.05) is 12.4 Å². The van der Waals surface area contributed by atoms with Gasteiger partial charge in [-0.1, -0.05) is 6.07 Å². The average Bonchev–Trinajstić information content (AvgIpc) is 2.54. The lowest BCUT2D eigenvalue weighted by Gasteiger charge is -2.06. The first-order chi connectivity index (χ1) is 10.1. The maximum absolute atomic E-state index is 12.0. The third-order valence-corrected chi connectivity index (χ3v) is 2.67. The summed E-state index contributed by atoms with van der Waals surface area (Å²) in [6.45, 7) is 0. The Morgan fingerprint density at radius 2 is 2.10 bits per heavy atom. The largest absolute Gasteiger partial charge is 0.465 e. The van der Waals surface area contributed by atoms with Crippen LogP contribution < -0.4 is 5.32 Å². The van der Waals surface area contributed by atoms with E-state index in [1.807, 2.05) is 6.07 Å². The number of carbonyl (C=O) groups excluding carboxylic acids is 2. The second kappa shape index (κ2) is 6.30. The highest BCUT2D eigenvalue weighted by Crippen LogP contribution is 2.12. The number of rotatable bonds is 3. The van der Waals surface area contributed by atoms with Gasteiger partial charge >= 0.3 is 5.97 Å². The molecule has 21 heavy (non-hydrogen) atoms. The number of anilines is 1. The number of nitrogens with zero attached hydrogens (tertiary/aromatic N) is 2. The Balaban J connectivity index is 2.15. The van der Waals surface area contributed by atoms with Gasteiger partial charge < -0.3 is 10.1 Å². The van der Waals surface area contributed by atoms with Gasteiger partial charge in [-0.2, -0.15) is 5.26 Å². The van der Waals surface area contributed by atoms with E-state index in [4.69, 9.17) is 5.26 Å². The van der Waals surface area contributed by atoms with Crippen LogP contribution in [0.5, 0.6) is 0 Å². The van der Waals surface area contributed by atoms with Gasteiger partial charge in [-0.3, -0.25) is 4.79 Å². The van der Waals surface area contributed by atoms with Crippen molar-refractivity contribution in [1.82, 2.24) is 4.98 Å². The fraction of sp³-hybridized carbons (Fsp3) is 0.0667. The predicted octanol–water partition coefficient (Wildman–Crippen LogP) is 1.99. The molecular formula is C15H11N3O3. The Morgan fingerprint density at radius 1 is 1.29 bits per heavy atom. The first-order valence-electron chi connectivity index (χ1n) is 6.00. The van der Waals surface area contributed by atoms with Gasteiger partial charge in [-0.15, -0.1) is 0 Å². The van der Waals surface area contributed by atoms with Crippen LogP contribution in [0.25, 0.3) is 0 Å². The van der Waals surface area contributed by atoms with Gasteiger partial charge in [0.2, 0.25) is 0 Å². The number of carbonyl (C=O) groups is 2. The minimum Gasteiger partial charge on any atom is -0.465 e. The number of methoxy groups -OCH3 is 1. The van der Waals surface area contributed by atoms with Crippen molar-refractivity contribution in [3.8, 4) is 6.07 Å². The molecule has 0 aliphatic heterocycles. The number of nitriles is 1. The third-order valence-electron chi connectivity index (χ3n) is 2.67. The summed E-state index contributed by atoms with van der Waals surface area (Å²) in [5.41, 5.74) is 1.34. The molecule has 0 bridgehead atoms. The summed E-state index contributed by atoms with van der Waals surface area (Å²) < 4.78 is 4.61. The van der Waals surface area contributed by atoms with Gasteiger partial charge in [0.25, 0.3) is 5.91 Å². The predicted molar refractivity (Wildman–Crippen MR) is 74.7 cm³/mol. The highest BCUT2D eigenvalue weighted by atomic mass is 16.5. The molecule has 2 rings (SSSR count). The number of hydrogen-bond acceptors (Lipinski definition) is 5. The molecule has 0 atom stereocenters. The van der Waals surface area contributed by atoms with E-state index in [1.54, 1.807) is 18.2 Å². The van der Waals surface area contributed by atoms with E-state index in [0.29, 0.717) is 16.8 Å². The van der Waals surface area contributed by atoms with E-state index in [1.165, 1.54) is 31.5 Å². The molecule has 1 aromatic carbocycles. The van der Waals surface area contributed by atoms with E-state index in [0.717, 1.165) is 0 Å². The molecule has 104 valence electrons. The van der Waals surface area contributed by atoms with Crippen LogP contribution in [0.15, 0.2) is 42.6 Å².